The molecule has 0 spiro atoms. The molecule has 2 N–H and O–H groups in total. The molecular weight excluding hydrogens is 308 g/mol. The summed E-state index contributed by atoms with van der Waals surface area (Å²) in [6, 6.07) is 18.4. The molecule has 2 aromatic carbocycles. The lowest BCUT2D eigenvalue weighted by Crippen LogP contribution is -2.06. The van der Waals surface area contributed by atoms with E-state index in [1.165, 1.54) is 11.1 Å². The molecule has 0 unspecified atom stereocenters. The highest BCUT2D eigenvalue weighted by Crippen LogP contribution is 2.25. The molecule has 0 bridgehead atoms. The van der Waals surface area contributed by atoms with Crippen LogP contribution in [0.4, 0.5) is 17.5 Å². The topological polar surface area (TPSA) is 49.8 Å². The van der Waals surface area contributed by atoms with Gasteiger partial charge in [0.1, 0.15) is 5.82 Å². The van der Waals surface area contributed by atoms with Crippen LogP contribution in [0.1, 0.15) is 11.1 Å². The van der Waals surface area contributed by atoms with Gasteiger partial charge in [-0.05, 0) is 25.5 Å². The summed E-state index contributed by atoms with van der Waals surface area (Å²) in [6.07, 6.45) is 1.79. The molecule has 0 saturated heterocycles. The van der Waals surface area contributed by atoms with Crippen molar-refractivity contribution in [2.45, 2.75) is 13.8 Å². The number of hydrogen-bond acceptors (Lipinski definition) is 4. The lowest BCUT2D eigenvalue weighted by atomic mass is 10.1. The standard InChI is InChI=1S/C21H22N4/c1-4-12-22-21-24-19(17-8-6-5-7-9-17)14-20(25-21)23-18-11-10-15(2)13-16(18)3/h4-11,13-14H,1,12H2,2-3H3,(H2,22,23,24,25). The van der Waals surface area contributed by atoms with Crippen LogP contribution in [0.5, 0.6) is 0 Å². The Morgan fingerprint density at radius 3 is 2.52 bits per heavy atom. The summed E-state index contributed by atoms with van der Waals surface area (Å²) in [5.74, 6) is 1.33. The van der Waals surface area contributed by atoms with E-state index >= 15 is 0 Å². The Labute approximate surface area is 148 Å². The van der Waals surface area contributed by atoms with E-state index < -0.39 is 0 Å². The van der Waals surface area contributed by atoms with Gasteiger partial charge < -0.3 is 10.6 Å². The molecule has 0 radical (unpaired) electrons. The zero-order valence-electron chi connectivity index (χ0n) is 14.6. The van der Waals surface area contributed by atoms with Crippen molar-refractivity contribution in [3.05, 3.63) is 78.4 Å². The first-order chi connectivity index (χ1) is 12.2. The summed E-state index contributed by atoms with van der Waals surface area (Å²) in [7, 11) is 0. The molecule has 1 heterocycles. The Kier molecular flexibility index (Phi) is 5.09. The molecule has 3 rings (SSSR count). The first-order valence-electron chi connectivity index (χ1n) is 8.29. The molecule has 0 amide bonds. The van der Waals surface area contributed by atoms with Gasteiger partial charge in [-0.2, -0.15) is 4.98 Å². The van der Waals surface area contributed by atoms with E-state index in [-0.39, 0.29) is 0 Å². The van der Waals surface area contributed by atoms with Gasteiger partial charge in [-0.15, -0.1) is 6.58 Å². The highest BCUT2D eigenvalue weighted by Gasteiger charge is 2.08. The quantitative estimate of drug-likeness (QED) is 0.617. The van der Waals surface area contributed by atoms with Crippen LogP contribution in [0.3, 0.4) is 0 Å². The molecule has 126 valence electrons. The first kappa shape index (κ1) is 16.7. The van der Waals surface area contributed by atoms with Crippen molar-refractivity contribution >= 4 is 17.5 Å². The molecule has 0 aliphatic carbocycles. The van der Waals surface area contributed by atoms with E-state index in [0.29, 0.717) is 12.5 Å². The van der Waals surface area contributed by atoms with Crippen LogP contribution in [0, 0.1) is 13.8 Å². The molecule has 0 aliphatic heterocycles. The van der Waals surface area contributed by atoms with E-state index in [1.54, 1.807) is 6.08 Å². The average Bonchev–Trinajstić information content (AvgIpc) is 2.63. The third kappa shape index (κ3) is 4.23. The Morgan fingerprint density at radius 1 is 1.00 bits per heavy atom. The molecule has 4 heteroatoms. The zero-order valence-corrected chi connectivity index (χ0v) is 14.6. The summed E-state index contributed by atoms with van der Waals surface area (Å²) in [6.45, 7) is 8.52. The Morgan fingerprint density at radius 2 is 1.80 bits per heavy atom. The second-order valence-corrected chi connectivity index (χ2v) is 5.94. The maximum absolute atomic E-state index is 4.61. The second-order valence-electron chi connectivity index (χ2n) is 5.94. The van der Waals surface area contributed by atoms with Crippen LogP contribution in [-0.4, -0.2) is 16.5 Å². The van der Waals surface area contributed by atoms with Crippen molar-refractivity contribution in [3.8, 4) is 11.3 Å². The summed E-state index contributed by atoms with van der Waals surface area (Å²) >= 11 is 0. The minimum Gasteiger partial charge on any atom is -0.351 e. The van der Waals surface area contributed by atoms with Gasteiger partial charge in [0.2, 0.25) is 5.95 Å². The third-order valence-corrected chi connectivity index (χ3v) is 3.84. The molecule has 0 atom stereocenters. The minimum absolute atomic E-state index is 0.577. The fourth-order valence-electron chi connectivity index (χ4n) is 2.60. The predicted molar refractivity (Wildman–Crippen MR) is 105 cm³/mol. The van der Waals surface area contributed by atoms with Crippen molar-refractivity contribution in [2.24, 2.45) is 0 Å². The van der Waals surface area contributed by atoms with Gasteiger partial charge in [0, 0.05) is 23.9 Å². The van der Waals surface area contributed by atoms with Crippen LogP contribution in [0.25, 0.3) is 11.3 Å². The SMILES string of the molecule is C=CCNc1nc(Nc2ccc(C)cc2C)cc(-c2ccccc2)n1. The van der Waals surface area contributed by atoms with Gasteiger partial charge in [0.05, 0.1) is 5.69 Å². The summed E-state index contributed by atoms with van der Waals surface area (Å²) in [5.41, 5.74) is 5.38. The molecule has 4 nitrogen and oxygen atoms in total. The number of hydrogen-bond donors (Lipinski definition) is 2. The summed E-state index contributed by atoms with van der Waals surface area (Å²) in [5, 5.41) is 6.58. The maximum atomic E-state index is 4.61. The van der Waals surface area contributed by atoms with Crippen LogP contribution in [0.15, 0.2) is 67.3 Å². The predicted octanol–water partition coefficient (Wildman–Crippen LogP) is 5.10. The van der Waals surface area contributed by atoms with E-state index in [0.717, 1.165) is 22.8 Å². The Hall–Kier alpha value is -3.14. The third-order valence-electron chi connectivity index (χ3n) is 3.84. The van der Waals surface area contributed by atoms with Crippen molar-refractivity contribution in [1.82, 2.24) is 9.97 Å². The number of rotatable bonds is 6. The highest BCUT2D eigenvalue weighted by atomic mass is 15.1. The monoisotopic (exact) mass is 330 g/mol. The maximum Gasteiger partial charge on any atom is 0.225 e. The van der Waals surface area contributed by atoms with Gasteiger partial charge in [0.15, 0.2) is 0 Å². The van der Waals surface area contributed by atoms with Crippen LogP contribution in [-0.2, 0) is 0 Å². The number of benzene rings is 2. The minimum atomic E-state index is 0.577. The number of anilines is 3. The van der Waals surface area contributed by atoms with Crippen molar-refractivity contribution in [1.29, 1.82) is 0 Å². The molecular formula is C21H22N4. The molecule has 25 heavy (non-hydrogen) atoms. The smallest absolute Gasteiger partial charge is 0.225 e. The van der Waals surface area contributed by atoms with Gasteiger partial charge in [0.25, 0.3) is 0 Å². The van der Waals surface area contributed by atoms with E-state index in [1.807, 2.05) is 36.4 Å². The molecule has 0 fully saturated rings. The number of nitrogens with one attached hydrogen (secondary N) is 2. The van der Waals surface area contributed by atoms with Crippen LogP contribution < -0.4 is 10.6 Å². The van der Waals surface area contributed by atoms with Crippen molar-refractivity contribution in [3.63, 3.8) is 0 Å². The zero-order chi connectivity index (χ0) is 17.6. The van der Waals surface area contributed by atoms with E-state index in [2.05, 4.69) is 59.2 Å². The fourth-order valence-corrected chi connectivity index (χ4v) is 2.60. The summed E-state index contributed by atoms with van der Waals surface area (Å²) < 4.78 is 0. The van der Waals surface area contributed by atoms with Crippen LogP contribution in [0.2, 0.25) is 0 Å². The Bertz CT molecular complexity index is 872. The molecule has 1 aromatic heterocycles. The molecule has 0 saturated carbocycles. The molecule has 3 aromatic rings. The number of aryl methyl sites for hydroxylation is 2. The van der Waals surface area contributed by atoms with Gasteiger partial charge in [-0.3, -0.25) is 0 Å². The second kappa shape index (κ2) is 7.62. The molecule has 0 aliphatic rings. The summed E-state index contributed by atoms with van der Waals surface area (Å²) in [4.78, 5) is 9.18. The van der Waals surface area contributed by atoms with Gasteiger partial charge >= 0.3 is 0 Å². The van der Waals surface area contributed by atoms with Gasteiger partial charge in [-0.1, -0.05) is 54.1 Å². The van der Waals surface area contributed by atoms with Gasteiger partial charge in [-0.25, -0.2) is 4.98 Å². The lowest BCUT2D eigenvalue weighted by Gasteiger charge is -2.13. The lowest BCUT2D eigenvalue weighted by molar-refractivity contribution is 1.12. The first-order valence-corrected chi connectivity index (χ1v) is 8.29. The van der Waals surface area contributed by atoms with Crippen molar-refractivity contribution in [2.75, 3.05) is 17.2 Å². The average molecular weight is 330 g/mol. The Balaban J connectivity index is 1.98. The van der Waals surface area contributed by atoms with Crippen molar-refractivity contribution < 1.29 is 0 Å². The van der Waals surface area contributed by atoms with Crippen LogP contribution >= 0.6 is 0 Å². The normalized spacial score (nSPS) is 10.3. The van der Waals surface area contributed by atoms with E-state index in [9.17, 15) is 0 Å². The largest absolute Gasteiger partial charge is 0.351 e. The fraction of sp³-hybridized carbons (Fsp3) is 0.143. The number of nitrogens with zero attached hydrogens (tertiary/aromatic N) is 2. The van der Waals surface area contributed by atoms with E-state index in [4.69, 9.17) is 0 Å². The number of aromatic nitrogens is 2. The highest BCUT2D eigenvalue weighted by molar-refractivity contribution is 5.68.